The molecule has 3 atom stereocenters. The van der Waals surface area contributed by atoms with E-state index in [-0.39, 0.29) is 11.7 Å². The second-order valence-electron chi connectivity index (χ2n) is 7.37. The van der Waals surface area contributed by atoms with Crippen molar-refractivity contribution >= 4 is 5.91 Å². The second kappa shape index (κ2) is 7.81. The van der Waals surface area contributed by atoms with Crippen LogP contribution >= 0.6 is 0 Å². The molecular formula is C19H28FN3O2. The van der Waals surface area contributed by atoms with Crippen LogP contribution in [0.15, 0.2) is 24.3 Å². The first kappa shape index (κ1) is 18.3. The number of carbonyl (C=O) groups excluding carboxylic acids is 1. The van der Waals surface area contributed by atoms with Crippen LogP contribution in [-0.4, -0.2) is 77.6 Å². The monoisotopic (exact) mass is 349 g/mol. The molecule has 138 valence electrons. The van der Waals surface area contributed by atoms with E-state index in [0.717, 1.165) is 44.8 Å². The van der Waals surface area contributed by atoms with Crippen molar-refractivity contribution in [2.75, 3.05) is 45.8 Å². The zero-order chi connectivity index (χ0) is 18.0. The molecule has 5 nitrogen and oxygen atoms in total. The summed E-state index contributed by atoms with van der Waals surface area (Å²) in [6.07, 6.45) is -0.596. The van der Waals surface area contributed by atoms with Gasteiger partial charge in [0.15, 0.2) is 0 Å². The number of aliphatic hydroxyl groups is 1. The third-order valence-electron chi connectivity index (χ3n) is 5.56. The van der Waals surface area contributed by atoms with Crippen LogP contribution in [0, 0.1) is 11.7 Å². The summed E-state index contributed by atoms with van der Waals surface area (Å²) in [5.74, 6) is 0.406. The molecule has 3 rings (SSSR count). The quantitative estimate of drug-likeness (QED) is 0.891. The molecule has 1 aromatic carbocycles. The molecule has 2 heterocycles. The zero-order valence-corrected chi connectivity index (χ0v) is 15.1. The lowest BCUT2D eigenvalue weighted by molar-refractivity contribution is -0.130. The van der Waals surface area contributed by atoms with E-state index in [4.69, 9.17) is 0 Å². The van der Waals surface area contributed by atoms with Crippen molar-refractivity contribution in [1.82, 2.24) is 14.7 Å². The predicted molar refractivity (Wildman–Crippen MR) is 94.6 cm³/mol. The van der Waals surface area contributed by atoms with Gasteiger partial charge in [0.25, 0.3) is 0 Å². The maximum atomic E-state index is 13.0. The van der Waals surface area contributed by atoms with E-state index in [9.17, 15) is 14.3 Å². The van der Waals surface area contributed by atoms with Crippen molar-refractivity contribution in [3.63, 3.8) is 0 Å². The molecule has 6 heteroatoms. The van der Waals surface area contributed by atoms with Gasteiger partial charge in [-0.2, -0.15) is 0 Å². The van der Waals surface area contributed by atoms with Crippen LogP contribution in [0.5, 0.6) is 0 Å². The highest BCUT2D eigenvalue weighted by Gasteiger charge is 2.36. The fourth-order valence-electron chi connectivity index (χ4n) is 4.08. The first-order valence-corrected chi connectivity index (χ1v) is 9.09. The molecule has 1 amide bonds. The molecule has 2 fully saturated rings. The Morgan fingerprint density at radius 2 is 1.84 bits per heavy atom. The fraction of sp³-hybridized carbons (Fsp3) is 0.632. The number of halogens is 1. The summed E-state index contributed by atoms with van der Waals surface area (Å²) >= 11 is 0. The highest BCUT2D eigenvalue weighted by molar-refractivity contribution is 5.73. The summed E-state index contributed by atoms with van der Waals surface area (Å²) in [7, 11) is 0. The van der Waals surface area contributed by atoms with Gasteiger partial charge in [0, 0.05) is 58.8 Å². The number of likely N-dealkylation sites (tertiary alicyclic amines) is 1. The number of benzene rings is 1. The number of piperazine rings is 1. The van der Waals surface area contributed by atoms with E-state index in [2.05, 4.69) is 16.7 Å². The van der Waals surface area contributed by atoms with E-state index >= 15 is 0 Å². The average molecular weight is 349 g/mol. The number of carbonyl (C=O) groups is 1. The highest BCUT2D eigenvalue weighted by Crippen LogP contribution is 2.25. The van der Waals surface area contributed by atoms with E-state index in [1.807, 2.05) is 4.90 Å². The van der Waals surface area contributed by atoms with Gasteiger partial charge in [0.1, 0.15) is 5.82 Å². The zero-order valence-electron chi connectivity index (χ0n) is 15.1. The van der Waals surface area contributed by atoms with Crippen LogP contribution in [0.1, 0.15) is 25.5 Å². The lowest BCUT2D eigenvalue weighted by Gasteiger charge is -2.39. The van der Waals surface area contributed by atoms with Crippen LogP contribution in [0.25, 0.3) is 0 Å². The molecule has 2 aliphatic rings. The van der Waals surface area contributed by atoms with Gasteiger partial charge in [-0.05, 0) is 23.6 Å². The van der Waals surface area contributed by atoms with Crippen molar-refractivity contribution < 1.29 is 14.3 Å². The number of β-amino-alcohol motifs (C(OH)–C–C–N with tert-alkyl or cyclic N) is 1. The molecule has 2 saturated heterocycles. The van der Waals surface area contributed by atoms with Crippen molar-refractivity contribution in [3.8, 4) is 0 Å². The molecule has 0 aromatic heterocycles. The minimum absolute atomic E-state index is 0.156. The summed E-state index contributed by atoms with van der Waals surface area (Å²) in [5.41, 5.74) is 0.757. The van der Waals surface area contributed by atoms with Gasteiger partial charge in [-0.1, -0.05) is 19.1 Å². The number of hydrogen-bond acceptors (Lipinski definition) is 4. The van der Waals surface area contributed by atoms with Crippen LogP contribution in [-0.2, 0) is 4.79 Å². The number of rotatable bonds is 4. The Bertz CT molecular complexity index is 587. The summed E-state index contributed by atoms with van der Waals surface area (Å²) in [5, 5.41) is 10.4. The Hall–Kier alpha value is -1.50. The molecule has 0 aliphatic carbocycles. The van der Waals surface area contributed by atoms with Crippen LogP contribution < -0.4 is 0 Å². The predicted octanol–water partition coefficient (Wildman–Crippen LogP) is 1.34. The Morgan fingerprint density at radius 3 is 2.44 bits per heavy atom. The maximum Gasteiger partial charge on any atom is 0.219 e. The molecule has 0 unspecified atom stereocenters. The standard InChI is InChI=1S/C19H28FN3O2/c1-14-11-21(13-19(25)16-3-5-17(20)6-4-16)12-18(14)23-9-7-22(8-10-23)15(2)24/h3-6,14,18-19,25H,7-13H2,1-2H3/t14-,18-,19+/m1/s1. The van der Waals surface area contributed by atoms with E-state index in [1.54, 1.807) is 19.1 Å². The lowest BCUT2D eigenvalue weighted by atomic mass is 10.0. The molecule has 1 N–H and O–H groups in total. The van der Waals surface area contributed by atoms with Gasteiger partial charge in [0.2, 0.25) is 5.91 Å². The minimum Gasteiger partial charge on any atom is -0.387 e. The lowest BCUT2D eigenvalue weighted by Crippen LogP contribution is -2.53. The number of amides is 1. The van der Waals surface area contributed by atoms with Crippen molar-refractivity contribution in [2.24, 2.45) is 5.92 Å². The van der Waals surface area contributed by atoms with Gasteiger partial charge in [-0.15, -0.1) is 0 Å². The molecule has 0 radical (unpaired) electrons. The van der Waals surface area contributed by atoms with Gasteiger partial charge < -0.3 is 10.0 Å². The SMILES string of the molecule is CC(=O)N1CCN([C@@H]2CN(C[C@H](O)c3ccc(F)cc3)C[C@H]2C)CC1. The Labute approximate surface area is 149 Å². The van der Waals surface area contributed by atoms with Crippen LogP contribution in [0.4, 0.5) is 4.39 Å². The summed E-state index contributed by atoms with van der Waals surface area (Å²) in [6.45, 7) is 9.79. The van der Waals surface area contributed by atoms with E-state index < -0.39 is 6.10 Å². The number of hydrogen-bond donors (Lipinski definition) is 1. The highest BCUT2D eigenvalue weighted by atomic mass is 19.1. The van der Waals surface area contributed by atoms with Crippen LogP contribution in [0.2, 0.25) is 0 Å². The van der Waals surface area contributed by atoms with Gasteiger partial charge >= 0.3 is 0 Å². The smallest absolute Gasteiger partial charge is 0.219 e. The van der Waals surface area contributed by atoms with Crippen LogP contribution in [0.3, 0.4) is 0 Å². The van der Waals surface area contributed by atoms with Crippen molar-refractivity contribution in [2.45, 2.75) is 26.0 Å². The fourth-order valence-corrected chi connectivity index (χ4v) is 4.08. The third kappa shape index (κ3) is 4.37. The van der Waals surface area contributed by atoms with Crippen molar-refractivity contribution in [3.05, 3.63) is 35.6 Å². The largest absolute Gasteiger partial charge is 0.387 e. The third-order valence-corrected chi connectivity index (χ3v) is 5.56. The van der Waals surface area contributed by atoms with Gasteiger partial charge in [-0.3, -0.25) is 14.6 Å². The molecule has 2 aliphatic heterocycles. The van der Waals surface area contributed by atoms with E-state index in [1.165, 1.54) is 12.1 Å². The van der Waals surface area contributed by atoms with Gasteiger partial charge in [0.05, 0.1) is 6.10 Å². The molecule has 0 saturated carbocycles. The topological polar surface area (TPSA) is 47.0 Å². The Kier molecular flexibility index (Phi) is 5.71. The molecule has 1 aromatic rings. The summed E-state index contributed by atoms with van der Waals surface area (Å²) < 4.78 is 13.0. The molecular weight excluding hydrogens is 321 g/mol. The molecule has 25 heavy (non-hydrogen) atoms. The van der Waals surface area contributed by atoms with Crippen molar-refractivity contribution in [1.29, 1.82) is 0 Å². The summed E-state index contributed by atoms with van der Waals surface area (Å²) in [4.78, 5) is 18.1. The normalized spacial score (nSPS) is 26.8. The van der Waals surface area contributed by atoms with Gasteiger partial charge in [-0.25, -0.2) is 4.39 Å². The summed E-state index contributed by atoms with van der Waals surface area (Å²) in [6, 6.07) is 6.55. The first-order valence-electron chi connectivity index (χ1n) is 9.09. The average Bonchev–Trinajstić information content (AvgIpc) is 2.95. The van der Waals surface area contributed by atoms with E-state index in [0.29, 0.717) is 18.5 Å². The number of aliphatic hydroxyl groups excluding tert-OH is 1. The molecule has 0 bridgehead atoms. The Balaban J connectivity index is 1.53. The number of nitrogens with zero attached hydrogens (tertiary/aromatic N) is 3. The Morgan fingerprint density at radius 1 is 1.20 bits per heavy atom. The molecule has 0 spiro atoms. The minimum atomic E-state index is -0.596. The maximum absolute atomic E-state index is 13.0. The first-order chi connectivity index (χ1) is 11.9. The second-order valence-corrected chi connectivity index (χ2v) is 7.37.